The molecule has 1 N–H and O–H groups in total. The third kappa shape index (κ3) is 3.97. The van der Waals surface area contributed by atoms with Crippen LogP contribution in [0.25, 0.3) is 0 Å². The minimum Gasteiger partial charge on any atom is -0.485 e. The van der Waals surface area contributed by atoms with Gasteiger partial charge in [0.05, 0.1) is 12.0 Å². The molecule has 4 rings (SSSR count). The van der Waals surface area contributed by atoms with Crippen LogP contribution >= 0.6 is 0 Å². The first-order valence-corrected chi connectivity index (χ1v) is 9.43. The Balaban J connectivity index is 1.29. The van der Waals surface area contributed by atoms with Gasteiger partial charge in [-0.2, -0.15) is 0 Å². The molecule has 0 spiro atoms. The van der Waals surface area contributed by atoms with E-state index in [9.17, 15) is 9.59 Å². The Labute approximate surface area is 157 Å². The molecule has 7 nitrogen and oxygen atoms in total. The van der Waals surface area contributed by atoms with Crippen LogP contribution in [0, 0.1) is 0 Å². The molecule has 1 amide bonds. The summed E-state index contributed by atoms with van der Waals surface area (Å²) in [6, 6.07) is 8.89. The third-order valence-electron chi connectivity index (χ3n) is 5.13. The van der Waals surface area contributed by atoms with Crippen molar-refractivity contribution in [3.05, 3.63) is 52.7 Å². The van der Waals surface area contributed by atoms with Crippen molar-refractivity contribution >= 4 is 5.91 Å². The van der Waals surface area contributed by atoms with Gasteiger partial charge in [0.2, 0.25) is 6.10 Å². The Morgan fingerprint density at radius 2 is 2.00 bits per heavy atom. The number of aromatic nitrogens is 2. The predicted molar refractivity (Wildman–Crippen MR) is 99.1 cm³/mol. The standard InChI is InChI=1S/C20H23N3O4/c24-19-11-15(14-5-1-2-6-14)22-13-23(19)10-9-21-20(25)18-12-26-16-7-3-4-8-17(16)27-18/h3-4,7-8,11,13-14,18H,1-2,5-6,9-10,12H2,(H,21,25). The minimum atomic E-state index is -0.695. The summed E-state index contributed by atoms with van der Waals surface area (Å²) in [5.74, 6) is 1.36. The number of para-hydroxylation sites is 2. The van der Waals surface area contributed by atoms with Gasteiger partial charge in [-0.3, -0.25) is 14.2 Å². The third-order valence-corrected chi connectivity index (χ3v) is 5.13. The maximum absolute atomic E-state index is 12.3. The van der Waals surface area contributed by atoms with E-state index in [0.29, 0.717) is 30.5 Å². The van der Waals surface area contributed by atoms with Crippen LogP contribution in [0.3, 0.4) is 0 Å². The number of hydrogen-bond donors (Lipinski definition) is 1. The van der Waals surface area contributed by atoms with Crippen molar-refractivity contribution in [1.82, 2.24) is 14.9 Å². The van der Waals surface area contributed by atoms with Gasteiger partial charge in [0.15, 0.2) is 11.5 Å². The zero-order valence-corrected chi connectivity index (χ0v) is 15.1. The molecule has 1 unspecified atom stereocenters. The Hall–Kier alpha value is -2.83. The number of benzene rings is 1. The van der Waals surface area contributed by atoms with Crippen molar-refractivity contribution in [2.45, 2.75) is 44.2 Å². The average Bonchev–Trinajstić information content (AvgIpc) is 3.23. The highest BCUT2D eigenvalue weighted by molar-refractivity contribution is 5.81. The quantitative estimate of drug-likeness (QED) is 0.870. The minimum absolute atomic E-state index is 0.0765. The molecule has 1 saturated carbocycles. The molecular formula is C20H23N3O4. The van der Waals surface area contributed by atoms with E-state index in [4.69, 9.17) is 9.47 Å². The number of nitrogens with one attached hydrogen (secondary N) is 1. The fraction of sp³-hybridized carbons (Fsp3) is 0.450. The SMILES string of the molecule is O=C(NCCn1cnc(C2CCCC2)cc1=O)C1COc2ccccc2O1. The second-order valence-electron chi connectivity index (χ2n) is 6.98. The van der Waals surface area contributed by atoms with Gasteiger partial charge in [0.1, 0.15) is 6.61 Å². The number of ether oxygens (including phenoxy) is 2. The maximum Gasteiger partial charge on any atom is 0.264 e. The summed E-state index contributed by atoms with van der Waals surface area (Å²) in [6.07, 6.45) is 5.52. The first-order valence-electron chi connectivity index (χ1n) is 9.43. The number of fused-ring (bicyclic) bond motifs is 1. The topological polar surface area (TPSA) is 82.5 Å². The Bertz CT molecular complexity index is 874. The lowest BCUT2D eigenvalue weighted by molar-refractivity contribution is -0.130. The van der Waals surface area contributed by atoms with E-state index < -0.39 is 6.10 Å². The van der Waals surface area contributed by atoms with Crippen LogP contribution in [-0.2, 0) is 11.3 Å². The zero-order chi connectivity index (χ0) is 18.6. The number of carbonyl (C=O) groups excluding carboxylic acids is 1. The van der Waals surface area contributed by atoms with Gasteiger partial charge in [0.25, 0.3) is 11.5 Å². The van der Waals surface area contributed by atoms with Crippen molar-refractivity contribution in [3.8, 4) is 11.5 Å². The fourth-order valence-corrected chi connectivity index (χ4v) is 3.61. The van der Waals surface area contributed by atoms with Crippen LogP contribution in [0.1, 0.15) is 37.3 Å². The number of nitrogens with zero attached hydrogens (tertiary/aromatic N) is 2. The molecule has 2 aliphatic rings. The van der Waals surface area contributed by atoms with Crippen molar-refractivity contribution in [1.29, 1.82) is 0 Å². The summed E-state index contributed by atoms with van der Waals surface area (Å²) >= 11 is 0. The lowest BCUT2D eigenvalue weighted by Gasteiger charge is -2.25. The van der Waals surface area contributed by atoms with E-state index in [1.807, 2.05) is 12.1 Å². The van der Waals surface area contributed by atoms with Gasteiger partial charge in [-0.15, -0.1) is 0 Å². The van der Waals surface area contributed by atoms with Crippen molar-refractivity contribution in [2.24, 2.45) is 0 Å². The zero-order valence-electron chi connectivity index (χ0n) is 15.1. The summed E-state index contributed by atoms with van der Waals surface area (Å²) in [5.41, 5.74) is 0.816. The Kier molecular flexibility index (Phi) is 5.09. The molecule has 7 heteroatoms. The molecule has 1 aromatic heterocycles. The Morgan fingerprint density at radius 3 is 2.78 bits per heavy atom. The molecule has 1 aromatic carbocycles. The van der Waals surface area contributed by atoms with E-state index in [1.54, 1.807) is 24.5 Å². The molecule has 0 bridgehead atoms. The number of rotatable bonds is 5. The summed E-state index contributed by atoms with van der Waals surface area (Å²) in [4.78, 5) is 29.0. The van der Waals surface area contributed by atoms with Crippen LogP contribution in [0.15, 0.2) is 41.5 Å². The first-order chi connectivity index (χ1) is 13.2. The molecule has 2 heterocycles. The van der Waals surface area contributed by atoms with Crippen LogP contribution < -0.4 is 20.3 Å². The molecule has 0 radical (unpaired) electrons. The van der Waals surface area contributed by atoms with E-state index in [-0.39, 0.29) is 18.1 Å². The molecule has 1 fully saturated rings. The van der Waals surface area contributed by atoms with Crippen molar-refractivity contribution in [3.63, 3.8) is 0 Å². The van der Waals surface area contributed by atoms with Gasteiger partial charge < -0.3 is 14.8 Å². The molecule has 27 heavy (non-hydrogen) atoms. The number of hydrogen-bond acceptors (Lipinski definition) is 5. The van der Waals surface area contributed by atoms with Crippen LogP contribution in [0.5, 0.6) is 11.5 Å². The van der Waals surface area contributed by atoms with E-state index >= 15 is 0 Å². The van der Waals surface area contributed by atoms with Crippen LogP contribution in [0.4, 0.5) is 0 Å². The van der Waals surface area contributed by atoms with E-state index in [1.165, 1.54) is 17.4 Å². The first kappa shape index (κ1) is 17.6. The molecule has 1 aliphatic heterocycles. The number of carbonyl (C=O) groups is 1. The maximum atomic E-state index is 12.3. The summed E-state index contributed by atoms with van der Waals surface area (Å²) in [5, 5.41) is 2.80. The van der Waals surface area contributed by atoms with Crippen molar-refractivity contribution in [2.75, 3.05) is 13.2 Å². The molecule has 2 aromatic rings. The molecular weight excluding hydrogens is 346 g/mol. The molecule has 0 saturated heterocycles. The summed E-state index contributed by atoms with van der Waals surface area (Å²) in [7, 11) is 0. The van der Waals surface area contributed by atoms with Gasteiger partial charge in [-0.05, 0) is 25.0 Å². The monoisotopic (exact) mass is 369 g/mol. The highest BCUT2D eigenvalue weighted by Crippen LogP contribution is 2.32. The largest absolute Gasteiger partial charge is 0.485 e. The molecule has 1 atom stereocenters. The highest BCUT2D eigenvalue weighted by Gasteiger charge is 2.27. The predicted octanol–water partition coefficient (Wildman–Crippen LogP) is 1.86. The van der Waals surface area contributed by atoms with E-state index in [2.05, 4.69) is 10.3 Å². The second-order valence-corrected chi connectivity index (χ2v) is 6.98. The van der Waals surface area contributed by atoms with Gasteiger partial charge >= 0.3 is 0 Å². The normalized spacial score (nSPS) is 19.0. The second kappa shape index (κ2) is 7.82. The lowest BCUT2D eigenvalue weighted by Crippen LogP contribution is -2.45. The smallest absolute Gasteiger partial charge is 0.264 e. The van der Waals surface area contributed by atoms with Crippen LogP contribution in [-0.4, -0.2) is 34.7 Å². The number of amides is 1. The Morgan fingerprint density at radius 1 is 1.22 bits per heavy atom. The lowest BCUT2D eigenvalue weighted by atomic mass is 10.0. The average molecular weight is 369 g/mol. The summed E-state index contributed by atoms with van der Waals surface area (Å²) in [6.45, 7) is 0.859. The van der Waals surface area contributed by atoms with Gasteiger partial charge in [0, 0.05) is 25.1 Å². The van der Waals surface area contributed by atoms with Gasteiger partial charge in [-0.1, -0.05) is 25.0 Å². The molecule has 142 valence electrons. The fourth-order valence-electron chi connectivity index (χ4n) is 3.61. The summed E-state index contributed by atoms with van der Waals surface area (Å²) < 4.78 is 12.7. The highest BCUT2D eigenvalue weighted by atomic mass is 16.6. The van der Waals surface area contributed by atoms with Crippen LogP contribution in [0.2, 0.25) is 0 Å². The van der Waals surface area contributed by atoms with Crippen molar-refractivity contribution < 1.29 is 14.3 Å². The van der Waals surface area contributed by atoms with E-state index in [0.717, 1.165) is 18.5 Å². The van der Waals surface area contributed by atoms with Gasteiger partial charge in [-0.25, -0.2) is 4.98 Å². The molecule has 1 aliphatic carbocycles.